The Morgan fingerprint density at radius 1 is 1.25 bits per heavy atom. The van der Waals surface area contributed by atoms with Crippen LogP contribution >= 0.6 is 11.8 Å². The van der Waals surface area contributed by atoms with E-state index in [9.17, 15) is 9.18 Å². The zero-order valence-corrected chi connectivity index (χ0v) is 16.3. The number of carbonyl (C=O) groups excluding carboxylic acids is 1. The number of halogens is 1. The van der Waals surface area contributed by atoms with Gasteiger partial charge in [-0.15, -0.1) is 11.8 Å². The molecule has 5 nitrogen and oxygen atoms in total. The normalized spacial score (nSPS) is 12.1. The Bertz CT molecular complexity index is 953. The minimum Gasteiger partial charge on any atom is -0.477 e. The van der Waals surface area contributed by atoms with Gasteiger partial charge in [0.1, 0.15) is 5.82 Å². The number of nitrogens with one attached hydrogen (secondary N) is 1. The fourth-order valence-corrected chi connectivity index (χ4v) is 3.35. The highest BCUT2D eigenvalue weighted by Gasteiger charge is 2.13. The molecule has 0 radical (unpaired) electrons. The molecule has 0 saturated carbocycles. The number of hydrogen-bond acceptors (Lipinski definition) is 5. The van der Waals surface area contributed by atoms with Gasteiger partial charge in [-0.2, -0.15) is 0 Å². The van der Waals surface area contributed by atoms with Crippen LogP contribution in [-0.4, -0.2) is 29.3 Å². The summed E-state index contributed by atoms with van der Waals surface area (Å²) in [4.78, 5) is 16.9. The number of aromatic nitrogens is 1. The van der Waals surface area contributed by atoms with Crippen molar-refractivity contribution in [2.75, 3.05) is 12.4 Å². The van der Waals surface area contributed by atoms with E-state index < -0.39 is 11.9 Å². The van der Waals surface area contributed by atoms with E-state index in [1.807, 2.05) is 36.4 Å². The molecule has 3 aromatic rings. The number of pyridine rings is 1. The van der Waals surface area contributed by atoms with Crippen LogP contribution in [0.1, 0.15) is 12.5 Å². The van der Waals surface area contributed by atoms with Gasteiger partial charge in [0.25, 0.3) is 0 Å². The number of thioether (sulfide) groups is 1. The van der Waals surface area contributed by atoms with Crippen molar-refractivity contribution in [3.8, 4) is 5.88 Å². The first-order chi connectivity index (χ1) is 13.5. The zero-order valence-electron chi connectivity index (χ0n) is 15.5. The molecule has 1 amide bonds. The monoisotopic (exact) mass is 399 g/mol. The third-order valence-electron chi connectivity index (χ3n) is 4.18. The first kappa shape index (κ1) is 20.1. The Hall–Kier alpha value is -2.64. The number of carbonyl (C=O) groups is 1. The lowest BCUT2D eigenvalue weighted by Crippen LogP contribution is -2.38. The lowest BCUT2D eigenvalue weighted by molar-refractivity contribution is -0.119. The van der Waals surface area contributed by atoms with Gasteiger partial charge in [-0.1, -0.05) is 18.2 Å². The topological polar surface area (TPSA) is 77.2 Å². The molecule has 7 heteroatoms. The molecule has 0 aliphatic rings. The van der Waals surface area contributed by atoms with Gasteiger partial charge in [-0.05, 0) is 37.3 Å². The lowest BCUT2D eigenvalue weighted by Gasteiger charge is -2.15. The molecule has 0 bridgehead atoms. The smallest absolute Gasteiger partial charge is 0.234 e. The molecule has 146 valence electrons. The number of hydrogen-bond donors (Lipinski definition) is 2. The summed E-state index contributed by atoms with van der Waals surface area (Å²) in [5, 5.41) is 3.86. The van der Waals surface area contributed by atoms with Crippen LogP contribution in [0.3, 0.4) is 0 Å². The van der Waals surface area contributed by atoms with E-state index in [1.54, 1.807) is 24.8 Å². The maximum atomic E-state index is 13.6. The summed E-state index contributed by atoms with van der Waals surface area (Å²) in [5.41, 5.74) is 6.62. The van der Waals surface area contributed by atoms with Crippen molar-refractivity contribution in [2.45, 2.75) is 24.4 Å². The van der Waals surface area contributed by atoms with E-state index in [2.05, 4.69) is 10.3 Å². The van der Waals surface area contributed by atoms with Crippen molar-refractivity contribution in [1.29, 1.82) is 0 Å². The summed E-state index contributed by atoms with van der Waals surface area (Å²) in [6, 6.07) is 15.9. The third kappa shape index (κ3) is 5.43. The van der Waals surface area contributed by atoms with Crippen LogP contribution in [0.4, 0.5) is 4.39 Å². The van der Waals surface area contributed by atoms with Crippen LogP contribution in [0.15, 0.2) is 59.5 Å². The molecule has 0 aliphatic heterocycles. The first-order valence-corrected chi connectivity index (χ1v) is 9.94. The fraction of sp³-hybridized carbons (Fsp3) is 0.238. The predicted molar refractivity (Wildman–Crippen MR) is 110 cm³/mol. The highest BCUT2D eigenvalue weighted by molar-refractivity contribution is 7.99. The molecular weight excluding hydrogens is 377 g/mol. The van der Waals surface area contributed by atoms with E-state index in [-0.39, 0.29) is 5.82 Å². The largest absolute Gasteiger partial charge is 0.477 e. The minimum atomic E-state index is -0.481. The van der Waals surface area contributed by atoms with Crippen molar-refractivity contribution in [3.05, 3.63) is 66.0 Å². The molecule has 0 spiro atoms. The number of amides is 1. The number of benzene rings is 2. The summed E-state index contributed by atoms with van der Waals surface area (Å²) >= 11 is 1.68. The Balaban J connectivity index is 1.73. The van der Waals surface area contributed by atoms with Gasteiger partial charge in [0.2, 0.25) is 11.8 Å². The summed E-state index contributed by atoms with van der Waals surface area (Å²) in [7, 11) is 0. The van der Waals surface area contributed by atoms with Crippen LogP contribution in [0, 0.1) is 5.82 Å². The minimum absolute atomic E-state index is 0.348. The van der Waals surface area contributed by atoms with E-state index in [1.165, 1.54) is 12.1 Å². The van der Waals surface area contributed by atoms with Gasteiger partial charge in [0, 0.05) is 34.2 Å². The average molecular weight is 399 g/mol. The van der Waals surface area contributed by atoms with Crippen molar-refractivity contribution in [2.24, 2.45) is 5.73 Å². The van der Waals surface area contributed by atoms with Crippen LogP contribution in [-0.2, 0) is 11.3 Å². The number of nitrogens with two attached hydrogens (primary N) is 1. The molecule has 1 atom stereocenters. The van der Waals surface area contributed by atoms with Crippen LogP contribution in [0.2, 0.25) is 0 Å². The number of nitrogens with zero attached hydrogens (tertiary/aromatic N) is 1. The Labute approximate surface area is 167 Å². The second-order valence-electron chi connectivity index (χ2n) is 6.30. The van der Waals surface area contributed by atoms with Gasteiger partial charge >= 0.3 is 0 Å². The molecule has 28 heavy (non-hydrogen) atoms. The summed E-state index contributed by atoms with van der Waals surface area (Å²) in [5.74, 6) is 0.393. The van der Waals surface area contributed by atoms with Crippen molar-refractivity contribution in [1.82, 2.24) is 10.3 Å². The van der Waals surface area contributed by atoms with Crippen LogP contribution < -0.4 is 15.8 Å². The number of primary amides is 1. The molecule has 1 heterocycles. The first-order valence-electron chi connectivity index (χ1n) is 8.95. The number of rotatable bonds is 9. The van der Waals surface area contributed by atoms with Crippen LogP contribution in [0.25, 0.3) is 10.9 Å². The van der Waals surface area contributed by atoms with Crippen molar-refractivity contribution in [3.63, 3.8) is 0 Å². The maximum absolute atomic E-state index is 13.6. The molecule has 0 aliphatic carbocycles. The molecule has 0 saturated heterocycles. The SMILES string of the molecule is C[C@H](NCc1cc2ccc(F)cc2nc1OCCSc1ccccc1)C(N)=O. The molecule has 0 unspecified atom stereocenters. The quantitative estimate of drug-likeness (QED) is 0.425. The molecule has 2 aromatic carbocycles. The van der Waals surface area contributed by atoms with Crippen molar-refractivity contribution < 1.29 is 13.9 Å². The standard InChI is InChI=1S/C21H22FN3O2S/c1-14(20(23)26)24-13-16-11-15-7-8-17(22)12-19(15)25-21(16)27-9-10-28-18-5-3-2-4-6-18/h2-8,11-12,14,24H,9-10,13H2,1H3,(H2,23,26)/t14-/m0/s1. The molecule has 3 rings (SSSR count). The van der Waals surface area contributed by atoms with E-state index in [0.29, 0.717) is 24.5 Å². The molecule has 1 aromatic heterocycles. The van der Waals surface area contributed by atoms with E-state index in [0.717, 1.165) is 21.6 Å². The van der Waals surface area contributed by atoms with Gasteiger partial charge in [0.05, 0.1) is 18.2 Å². The van der Waals surface area contributed by atoms with Gasteiger partial charge in [0.15, 0.2) is 0 Å². The highest BCUT2D eigenvalue weighted by Crippen LogP contribution is 2.24. The van der Waals surface area contributed by atoms with E-state index >= 15 is 0 Å². The lowest BCUT2D eigenvalue weighted by atomic mass is 10.1. The highest BCUT2D eigenvalue weighted by atomic mass is 32.2. The average Bonchev–Trinajstić information content (AvgIpc) is 2.69. The Morgan fingerprint density at radius 3 is 2.79 bits per heavy atom. The summed E-state index contributed by atoms with van der Waals surface area (Å²) in [6.45, 7) is 2.51. The van der Waals surface area contributed by atoms with Gasteiger partial charge < -0.3 is 15.8 Å². The van der Waals surface area contributed by atoms with Crippen LogP contribution in [0.5, 0.6) is 5.88 Å². The predicted octanol–water partition coefficient (Wildman–Crippen LogP) is 3.51. The number of ether oxygens (including phenoxy) is 1. The number of fused-ring (bicyclic) bond motifs is 1. The molecular formula is C21H22FN3O2S. The Kier molecular flexibility index (Phi) is 6.84. The molecule has 3 N–H and O–H groups in total. The second kappa shape index (κ2) is 9.52. The Morgan fingerprint density at radius 2 is 2.04 bits per heavy atom. The van der Waals surface area contributed by atoms with Gasteiger partial charge in [-0.3, -0.25) is 4.79 Å². The fourth-order valence-electron chi connectivity index (χ4n) is 2.60. The van der Waals surface area contributed by atoms with Crippen molar-refractivity contribution >= 4 is 28.6 Å². The second-order valence-corrected chi connectivity index (χ2v) is 7.47. The zero-order chi connectivity index (χ0) is 19.9. The van der Waals surface area contributed by atoms with E-state index in [4.69, 9.17) is 10.5 Å². The summed E-state index contributed by atoms with van der Waals surface area (Å²) < 4.78 is 19.4. The van der Waals surface area contributed by atoms with Gasteiger partial charge in [-0.25, -0.2) is 9.37 Å². The third-order valence-corrected chi connectivity index (χ3v) is 5.15. The summed E-state index contributed by atoms with van der Waals surface area (Å²) in [6.07, 6.45) is 0. The maximum Gasteiger partial charge on any atom is 0.234 e. The molecule has 0 fully saturated rings.